The van der Waals surface area contributed by atoms with Crippen molar-refractivity contribution in [3.8, 4) is 5.75 Å². The largest absolute Gasteiger partial charge is 0.423 e. The summed E-state index contributed by atoms with van der Waals surface area (Å²) >= 11 is 0. The van der Waals surface area contributed by atoms with Crippen molar-refractivity contribution < 1.29 is 9.53 Å². The number of carbonyl (C=O) groups is 1. The minimum Gasteiger partial charge on any atom is -0.423 e. The summed E-state index contributed by atoms with van der Waals surface area (Å²) in [6.45, 7) is 6.17. The second kappa shape index (κ2) is 5.21. The maximum atomic E-state index is 12.4. The topological polar surface area (TPSA) is 26.3 Å². The van der Waals surface area contributed by atoms with E-state index in [-0.39, 0.29) is 5.97 Å². The molecule has 2 aromatic carbocycles. The fourth-order valence-corrected chi connectivity index (χ4v) is 2.71. The first-order valence-electron chi connectivity index (χ1n) is 7.13. The lowest BCUT2D eigenvalue weighted by molar-refractivity contribution is 0.0734. The van der Waals surface area contributed by atoms with Gasteiger partial charge in [-0.25, -0.2) is 4.79 Å². The Kier molecular flexibility index (Phi) is 3.38. The molecule has 0 aromatic heterocycles. The van der Waals surface area contributed by atoms with Crippen LogP contribution in [-0.4, -0.2) is 5.97 Å². The van der Waals surface area contributed by atoms with Gasteiger partial charge in [-0.15, -0.1) is 0 Å². The van der Waals surface area contributed by atoms with Crippen LogP contribution in [0, 0.1) is 13.8 Å². The second-order valence-corrected chi connectivity index (χ2v) is 5.69. The molecule has 0 saturated heterocycles. The minimum absolute atomic E-state index is 0.279. The molecule has 2 aromatic rings. The van der Waals surface area contributed by atoms with Crippen molar-refractivity contribution in [2.75, 3.05) is 0 Å². The summed E-state index contributed by atoms with van der Waals surface area (Å²) in [5.41, 5.74) is 6.56. The van der Waals surface area contributed by atoms with Crippen LogP contribution in [0.15, 0.2) is 42.0 Å². The molecule has 2 nitrogen and oxygen atoms in total. The maximum absolute atomic E-state index is 12.4. The third kappa shape index (κ3) is 2.62. The van der Waals surface area contributed by atoms with Crippen molar-refractivity contribution in [3.63, 3.8) is 0 Å². The van der Waals surface area contributed by atoms with Crippen LogP contribution >= 0.6 is 0 Å². The fourth-order valence-electron chi connectivity index (χ4n) is 2.71. The zero-order chi connectivity index (χ0) is 15.0. The Balaban J connectivity index is 1.90. The Labute approximate surface area is 125 Å². The summed E-state index contributed by atoms with van der Waals surface area (Å²) in [6.07, 6.45) is 2.99. The molecule has 1 aliphatic rings. The summed E-state index contributed by atoms with van der Waals surface area (Å²) in [6, 6.07) is 11.4. The summed E-state index contributed by atoms with van der Waals surface area (Å²) in [7, 11) is 0. The zero-order valence-electron chi connectivity index (χ0n) is 12.6. The van der Waals surface area contributed by atoms with Gasteiger partial charge >= 0.3 is 5.97 Å². The second-order valence-electron chi connectivity index (χ2n) is 5.69. The lowest BCUT2D eigenvalue weighted by atomic mass is 9.98. The highest BCUT2D eigenvalue weighted by Gasteiger charge is 2.21. The molecule has 0 spiro atoms. The first-order chi connectivity index (χ1) is 10.0. The number of carbonyl (C=O) groups excluding carboxylic acids is 1. The van der Waals surface area contributed by atoms with Gasteiger partial charge in [0.05, 0.1) is 5.56 Å². The number of ether oxygens (including phenoxy) is 1. The zero-order valence-corrected chi connectivity index (χ0v) is 12.6. The van der Waals surface area contributed by atoms with Crippen LogP contribution in [-0.2, 0) is 6.42 Å². The van der Waals surface area contributed by atoms with E-state index in [1.165, 1.54) is 16.7 Å². The molecular weight excluding hydrogens is 260 g/mol. The SMILES string of the molecule is CC1=Cc2c(C)ccc(C(=O)Oc3ccc(C)cc3)c2C1. The van der Waals surface area contributed by atoms with E-state index in [0.717, 1.165) is 17.5 Å². The molecule has 0 bridgehead atoms. The van der Waals surface area contributed by atoms with Gasteiger partial charge in [-0.1, -0.05) is 35.4 Å². The lowest BCUT2D eigenvalue weighted by Crippen LogP contribution is -2.12. The third-order valence-corrected chi connectivity index (χ3v) is 3.87. The minimum atomic E-state index is -0.279. The first-order valence-corrected chi connectivity index (χ1v) is 7.13. The number of hydrogen-bond acceptors (Lipinski definition) is 2. The standard InChI is InChI=1S/C19H18O2/c1-12-4-7-15(8-5-12)21-19(20)16-9-6-14(3)17-10-13(2)11-18(16)17/h4-10H,11H2,1-3H3. The van der Waals surface area contributed by atoms with Crippen molar-refractivity contribution >= 4 is 12.0 Å². The number of rotatable bonds is 2. The number of allylic oxidation sites excluding steroid dienone is 1. The first kappa shape index (κ1) is 13.6. The van der Waals surface area contributed by atoms with Gasteiger partial charge in [0.25, 0.3) is 0 Å². The average Bonchev–Trinajstić information content (AvgIpc) is 2.84. The Hall–Kier alpha value is -2.35. The molecule has 0 fully saturated rings. The molecule has 0 saturated carbocycles. The monoisotopic (exact) mass is 278 g/mol. The fraction of sp³-hybridized carbons (Fsp3) is 0.211. The average molecular weight is 278 g/mol. The highest BCUT2D eigenvalue weighted by molar-refractivity contribution is 5.95. The van der Waals surface area contributed by atoms with Crippen LogP contribution < -0.4 is 4.74 Å². The van der Waals surface area contributed by atoms with E-state index in [0.29, 0.717) is 11.3 Å². The lowest BCUT2D eigenvalue weighted by Gasteiger charge is -2.10. The molecule has 0 heterocycles. The van der Waals surface area contributed by atoms with Gasteiger partial charge in [0.2, 0.25) is 0 Å². The molecule has 3 rings (SSSR count). The molecule has 0 atom stereocenters. The molecule has 0 aliphatic heterocycles. The van der Waals surface area contributed by atoms with Crippen LogP contribution in [0.3, 0.4) is 0 Å². The van der Waals surface area contributed by atoms with E-state index < -0.39 is 0 Å². The van der Waals surface area contributed by atoms with E-state index in [2.05, 4.69) is 19.9 Å². The molecule has 0 unspecified atom stereocenters. The maximum Gasteiger partial charge on any atom is 0.343 e. The van der Waals surface area contributed by atoms with Crippen molar-refractivity contribution in [2.24, 2.45) is 0 Å². The predicted molar refractivity (Wildman–Crippen MR) is 84.7 cm³/mol. The van der Waals surface area contributed by atoms with Crippen molar-refractivity contribution in [3.05, 3.63) is 69.8 Å². The van der Waals surface area contributed by atoms with E-state index in [1.807, 2.05) is 43.3 Å². The van der Waals surface area contributed by atoms with Crippen LogP contribution in [0.2, 0.25) is 0 Å². The highest BCUT2D eigenvalue weighted by Crippen LogP contribution is 2.31. The highest BCUT2D eigenvalue weighted by atomic mass is 16.5. The number of aryl methyl sites for hydroxylation is 2. The molecule has 2 heteroatoms. The van der Waals surface area contributed by atoms with E-state index in [1.54, 1.807) is 0 Å². The van der Waals surface area contributed by atoms with Crippen molar-refractivity contribution in [1.29, 1.82) is 0 Å². The van der Waals surface area contributed by atoms with Gasteiger partial charge in [-0.2, -0.15) is 0 Å². The molecule has 0 radical (unpaired) electrons. The molecule has 0 amide bonds. The Morgan fingerprint density at radius 3 is 2.43 bits per heavy atom. The molecule has 0 N–H and O–H groups in total. The van der Waals surface area contributed by atoms with Crippen LogP contribution in [0.5, 0.6) is 5.75 Å². The van der Waals surface area contributed by atoms with Crippen LogP contribution in [0.1, 0.15) is 39.5 Å². The Morgan fingerprint density at radius 1 is 1.00 bits per heavy atom. The number of esters is 1. The third-order valence-electron chi connectivity index (χ3n) is 3.87. The van der Waals surface area contributed by atoms with E-state index in [9.17, 15) is 4.79 Å². The number of fused-ring (bicyclic) bond motifs is 1. The molecule has 106 valence electrons. The number of benzene rings is 2. The van der Waals surface area contributed by atoms with Gasteiger partial charge in [0.1, 0.15) is 5.75 Å². The normalized spacial score (nSPS) is 12.8. The van der Waals surface area contributed by atoms with Gasteiger partial charge in [0, 0.05) is 0 Å². The smallest absolute Gasteiger partial charge is 0.343 e. The van der Waals surface area contributed by atoms with Crippen molar-refractivity contribution in [1.82, 2.24) is 0 Å². The summed E-state index contributed by atoms with van der Waals surface area (Å²) in [5, 5.41) is 0. The van der Waals surface area contributed by atoms with Crippen LogP contribution in [0.4, 0.5) is 0 Å². The summed E-state index contributed by atoms with van der Waals surface area (Å²) in [4.78, 5) is 12.4. The van der Waals surface area contributed by atoms with Gasteiger partial charge in [0.15, 0.2) is 0 Å². The number of hydrogen-bond donors (Lipinski definition) is 0. The van der Waals surface area contributed by atoms with Gasteiger partial charge in [-0.3, -0.25) is 0 Å². The molecular formula is C19H18O2. The summed E-state index contributed by atoms with van der Waals surface area (Å²) < 4.78 is 5.49. The molecule has 21 heavy (non-hydrogen) atoms. The van der Waals surface area contributed by atoms with E-state index in [4.69, 9.17) is 4.74 Å². The quantitative estimate of drug-likeness (QED) is 0.598. The summed E-state index contributed by atoms with van der Waals surface area (Å²) in [5.74, 6) is 0.306. The van der Waals surface area contributed by atoms with Crippen molar-refractivity contribution in [2.45, 2.75) is 27.2 Å². The van der Waals surface area contributed by atoms with Crippen LogP contribution in [0.25, 0.3) is 6.08 Å². The molecule has 1 aliphatic carbocycles. The predicted octanol–water partition coefficient (Wildman–Crippen LogP) is 4.48. The van der Waals surface area contributed by atoms with E-state index >= 15 is 0 Å². The van der Waals surface area contributed by atoms with Gasteiger partial charge in [-0.05, 0) is 62.1 Å². The van der Waals surface area contributed by atoms with Gasteiger partial charge < -0.3 is 4.74 Å². The Bertz CT molecular complexity index is 737. The Morgan fingerprint density at radius 2 is 1.71 bits per heavy atom.